The first kappa shape index (κ1) is 12.3. The van der Waals surface area contributed by atoms with Gasteiger partial charge in [-0.1, -0.05) is 6.07 Å². The topological polar surface area (TPSA) is 58.2 Å². The van der Waals surface area contributed by atoms with Gasteiger partial charge in [0.2, 0.25) is 5.91 Å². The van der Waals surface area contributed by atoms with E-state index < -0.39 is 5.82 Å². The van der Waals surface area contributed by atoms with E-state index in [0.717, 1.165) is 11.3 Å². The van der Waals surface area contributed by atoms with Crippen LogP contribution in [0.25, 0.3) is 0 Å². The number of hydrogen-bond donors (Lipinski definition) is 2. The lowest BCUT2D eigenvalue weighted by Crippen LogP contribution is -2.12. The lowest BCUT2D eigenvalue weighted by Gasteiger charge is -2.07. The Morgan fingerprint density at radius 2 is 2.05 bits per heavy atom. The molecule has 0 unspecified atom stereocenters. The molecule has 5 heteroatoms. The summed E-state index contributed by atoms with van der Waals surface area (Å²) < 4.78 is 13.1. The van der Waals surface area contributed by atoms with Crippen LogP contribution in [0.2, 0.25) is 0 Å². The van der Waals surface area contributed by atoms with Crippen LogP contribution in [-0.4, -0.2) is 11.8 Å². The van der Waals surface area contributed by atoms with Crippen LogP contribution in [0.4, 0.5) is 15.8 Å². The highest BCUT2D eigenvalue weighted by Crippen LogP contribution is 2.26. The molecule has 20 heavy (non-hydrogen) atoms. The van der Waals surface area contributed by atoms with Gasteiger partial charge in [0.15, 0.2) is 0 Å². The summed E-state index contributed by atoms with van der Waals surface area (Å²) in [5.74, 6) is -0.906. The molecule has 2 amide bonds. The molecule has 0 saturated carbocycles. The van der Waals surface area contributed by atoms with E-state index in [4.69, 9.17) is 0 Å². The summed E-state index contributed by atoms with van der Waals surface area (Å²) in [6.07, 6.45) is 0.305. The molecule has 1 aliphatic rings. The number of amides is 2. The number of anilines is 2. The maximum atomic E-state index is 13.1. The van der Waals surface area contributed by atoms with Gasteiger partial charge < -0.3 is 10.6 Å². The predicted octanol–water partition coefficient (Wildman–Crippen LogP) is 2.57. The van der Waals surface area contributed by atoms with Crippen molar-refractivity contribution in [2.24, 2.45) is 0 Å². The zero-order chi connectivity index (χ0) is 14.1. The van der Waals surface area contributed by atoms with E-state index in [-0.39, 0.29) is 17.4 Å². The number of fused-ring (bicyclic) bond motifs is 1. The normalized spacial score (nSPS) is 12.8. The lowest BCUT2D eigenvalue weighted by molar-refractivity contribution is -0.115. The van der Waals surface area contributed by atoms with Crippen molar-refractivity contribution in [2.45, 2.75) is 6.42 Å². The SMILES string of the molecule is O=C1Cc2cc(NC(=O)c3cccc(F)c3)ccc2N1. The Kier molecular flexibility index (Phi) is 2.95. The second-order valence-electron chi connectivity index (χ2n) is 4.56. The first-order valence-electron chi connectivity index (χ1n) is 6.11. The van der Waals surface area contributed by atoms with Crippen LogP contribution in [0, 0.1) is 5.82 Å². The highest BCUT2D eigenvalue weighted by molar-refractivity contribution is 6.05. The average Bonchev–Trinajstić information content (AvgIpc) is 2.78. The van der Waals surface area contributed by atoms with Gasteiger partial charge in [0.05, 0.1) is 6.42 Å². The second-order valence-corrected chi connectivity index (χ2v) is 4.56. The van der Waals surface area contributed by atoms with Crippen LogP contribution in [0.1, 0.15) is 15.9 Å². The van der Waals surface area contributed by atoms with E-state index in [1.807, 2.05) is 0 Å². The van der Waals surface area contributed by atoms with Gasteiger partial charge >= 0.3 is 0 Å². The van der Waals surface area contributed by atoms with Crippen LogP contribution in [0.15, 0.2) is 42.5 Å². The molecule has 2 N–H and O–H groups in total. The van der Waals surface area contributed by atoms with E-state index >= 15 is 0 Å². The van der Waals surface area contributed by atoms with Gasteiger partial charge in [-0.15, -0.1) is 0 Å². The van der Waals surface area contributed by atoms with Crippen molar-refractivity contribution in [2.75, 3.05) is 10.6 Å². The summed E-state index contributed by atoms with van der Waals surface area (Å²) in [5.41, 5.74) is 2.43. The fraction of sp³-hybridized carbons (Fsp3) is 0.0667. The molecule has 0 bridgehead atoms. The lowest BCUT2D eigenvalue weighted by atomic mass is 10.1. The van der Waals surface area contributed by atoms with Crippen LogP contribution in [0.3, 0.4) is 0 Å². The van der Waals surface area contributed by atoms with Crippen molar-refractivity contribution in [3.63, 3.8) is 0 Å². The average molecular weight is 270 g/mol. The smallest absolute Gasteiger partial charge is 0.255 e. The minimum Gasteiger partial charge on any atom is -0.326 e. The molecular weight excluding hydrogens is 259 g/mol. The Balaban J connectivity index is 1.80. The Hall–Kier alpha value is -2.69. The van der Waals surface area contributed by atoms with Gasteiger partial charge in [0, 0.05) is 16.9 Å². The molecule has 1 aliphatic heterocycles. The summed E-state index contributed by atoms with van der Waals surface area (Å²) in [5, 5.41) is 5.40. The third-order valence-electron chi connectivity index (χ3n) is 3.08. The fourth-order valence-corrected chi connectivity index (χ4v) is 2.14. The second kappa shape index (κ2) is 4.77. The quantitative estimate of drug-likeness (QED) is 0.881. The monoisotopic (exact) mass is 270 g/mol. The van der Waals surface area contributed by atoms with Crippen molar-refractivity contribution < 1.29 is 14.0 Å². The number of carbonyl (C=O) groups is 2. The maximum absolute atomic E-state index is 13.1. The Morgan fingerprint density at radius 3 is 2.85 bits per heavy atom. The Labute approximate surface area is 114 Å². The predicted molar refractivity (Wildman–Crippen MR) is 73.1 cm³/mol. The molecule has 0 fully saturated rings. The first-order valence-corrected chi connectivity index (χ1v) is 6.11. The highest BCUT2D eigenvalue weighted by atomic mass is 19.1. The van der Waals surface area contributed by atoms with Crippen molar-refractivity contribution in [3.8, 4) is 0 Å². The van der Waals surface area contributed by atoms with E-state index in [0.29, 0.717) is 12.1 Å². The molecule has 0 spiro atoms. The van der Waals surface area contributed by atoms with Crippen molar-refractivity contribution >= 4 is 23.2 Å². The van der Waals surface area contributed by atoms with Gasteiger partial charge in [0.25, 0.3) is 5.91 Å². The van der Waals surface area contributed by atoms with E-state index in [2.05, 4.69) is 10.6 Å². The zero-order valence-electron chi connectivity index (χ0n) is 10.4. The van der Waals surface area contributed by atoms with Gasteiger partial charge in [-0.05, 0) is 42.0 Å². The third kappa shape index (κ3) is 2.38. The molecule has 0 atom stereocenters. The first-order chi connectivity index (χ1) is 9.61. The van der Waals surface area contributed by atoms with Crippen LogP contribution in [-0.2, 0) is 11.2 Å². The Morgan fingerprint density at radius 1 is 1.20 bits per heavy atom. The molecular formula is C15H11FN2O2. The molecule has 2 aromatic rings. The van der Waals surface area contributed by atoms with E-state index in [1.54, 1.807) is 18.2 Å². The summed E-state index contributed by atoms with van der Waals surface area (Å²) in [6.45, 7) is 0. The molecule has 0 radical (unpaired) electrons. The number of hydrogen-bond acceptors (Lipinski definition) is 2. The molecule has 1 heterocycles. The fourth-order valence-electron chi connectivity index (χ4n) is 2.14. The minimum atomic E-state index is -0.457. The number of benzene rings is 2. The molecule has 0 aromatic heterocycles. The van der Waals surface area contributed by atoms with Crippen molar-refractivity contribution in [1.82, 2.24) is 0 Å². The van der Waals surface area contributed by atoms with Gasteiger partial charge in [-0.3, -0.25) is 9.59 Å². The zero-order valence-corrected chi connectivity index (χ0v) is 10.4. The number of carbonyl (C=O) groups excluding carboxylic acids is 2. The molecule has 2 aromatic carbocycles. The standard InChI is InChI=1S/C15H11FN2O2/c16-11-3-1-2-9(6-11)15(20)17-12-4-5-13-10(7-12)8-14(19)18-13/h1-7H,8H2,(H,17,20)(H,18,19). The summed E-state index contributed by atoms with van der Waals surface area (Å²) in [7, 11) is 0. The van der Waals surface area contributed by atoms with Crippen molar-refractivity contribution in [1.29, 1.82) is 0 Å². The third-order valence-corrected chi connectivity index (χ3v) is 3.08. The van der Waals surface area contributed by atoms with E-state index in [1.165, 1.54) is 24.3 Å². The molecule has 0 saturated heterocycles. The van der Waals surface area contributed by atoms with Crippen molar-refractivity contribution in [3.05, 3.63) is 59.4 Å². The van der Waals surface area contributed by atoms with E-state index in [9.17, 15) is 14.0 Å². The van der Waals surface area contributed by atoms with Crippen LogP contribution in [0.5, 0.6) is 0 Å². The van der Waals surface area contributed by atoms with Gasteiger partial charge in [-0.25, -0.2) is 4.39 Å². The summed E-state index contributed by atoms with van der Waals surface area (Å²) >= 11 is 0. The highest BCUT2D eigenvalue weighted by Gasteiger charge is 2.18. The Bertz CT molecular complexity index is 713. The van der Waals surface area contributed by atoms with Crippen LogP contribution >= 0.6 is 0 Å². The van der Waals surface area contributed by atoms with Crippen LogP contribution < -0.4 is 10.6 Å². The molecule has 4 nitrogen and oxygen atoms in total. The van der Waals surface area contributed by atoms with Gasteiger partial charge in [0.1, 0.15) is 5.82 Å². The largest absolute Gasteiger partial charge is 0.326 e. The molecule has 100 valence electrons. The number of rotatable bonds is 2. The molecule has 3 rings (SSSR count). The number of halogens is 1. The maximum Gasteiger partial charge on any atom is 0.255 e. The minimum absolute atomic E-state index is 0.0615. The number of nitrogens with one attached hydrogen (secondary N) is 2. The summed E-state index contributed by atoms with van der Waals surface area (Å²) in [4.78, 5) is 23.2. The summed E-state index contributed by atoms with van der Waals surface area (Å²) in [6, 6.07) is 10.6. The van der Waals surface area contributed by atoms with Gasteiger partial charge in [-0.2, -0.15) is 0 Å². The molecule has 0 aliphatic carbocycles.